The van der Waals surface area contributed by atoms with Gasteiger partial charge in [0.1, 0.15) is 5.75 Å². The molecule has 1 aliphatic heterocycles. The van der Waals surface area contributed by atoms with Gasteiger partial charge in [-0.2, -0.15) is 0 Å². The van der Waals surface area contributed by atoms with Crippen molar-refractivity contribution in [3.05, 3.63) is 36.0 Å². The Morgan fingerprint density at radius 1 is 1.32 bits per heavy atom. The summed E-state index contributed by atoms with van der Waals surface area (Å²) in [5, 5.41) is 5.48. The van der Waals surface area contributed by atoms with Crippen LogP contribution in [-0.4, -0.2) is 26.4 Å². The third kappa shape index (κ3) is 3.99. The minimum absolute atomic E-state index is 0.275. The van der Waals surface area contributed by atoms with Crippen LogP contribution in [-0.2, 0) is 4.74 Å². The summed E-state index contributed by atoms with van der Waals surface area (Å²) in [5.74, 6) is 0.636. The Bertz CT molecular complexity index is 464. The summed E-state index contributed by atoms with van der Waals surface area (Å²) in [6, 6.07) is 7.01. The van der Waals surface area contributed by atoms with E-state index in [4.69, 9.17) is 9.47 Å². The fraction of sp³-hybridized carbons (Fsp3) is 0.357. The maximum absolute atomic E-state index is 11.8. The molecule has 2 rings (SSSR count). The van der Waals surface area contributed by atoms with E-state index in [-0.39, 0.29) is 6.03 Å². The zero-order valence-electron chi connectivity index (χ0n) is 10.9. The van der Waals surface area contributed by atoms with Crippen molar-refractivity contribution in [3.63, 3.8) is 0 Å². The van der Waals surface area contributed by atoms with Crippen LogP contribution in [0, 0.1) is 0 Å². The molecule has 0 aliphatic carbocycles. The van der Waals surface area contributed by atoms with Crippen molar-refractivity contribution in [2.75, 3.05) is 25.6 Å². The van der Waals surface area contributed by atoms with E-state index in [9.17, 15) is 4.79 Å². The van der Waals surface area contributed by atoms with Crippen LogP contribution in [0.5, 0.6) is 5.75 Å². The minimum atomic E-state index is -0.275. The van der Waals surface area contributed by atoms with Crippen molar-refractivity contribution in [2.45, 2.75) is 12.8 Å². The summed E-state index contributed by atoms with van der Waals surface area (Å²) in [6.45, 7) is 1.45. The molecule has 1 aromatic carbocycles. The zero-order chi connectivity index (χ0) is 13.5. The van der Waals surface area contributed by atoms with E-state index in [1.165, 1.54) is 5.57 Å². The summed E-state index contributed by atoms with van der Waals surface area (Å²) in [5.41, 5.74) is 1.84. The molecular formula is C14H18N2O3. The molecule has 1 aromatic rings. The maximum atomic E-state index is 11.8. The first-order valence-electron chi connectivity index (χ1n) is 6.26. The fourth-order valence-corrected chi connectivity index (χ4v) is 1.85. The molecule has 19 heavy (non-hydrogen) atoms. The Balaban J connectivity index is 1.90. The van der Waals surface area contributed by atoms with Gasteiger partial charge in [-0.05, 0) is 30.5 Å². The molecule has 1 aliphatic rings. The summed E-state index contributed by atoms with van der Waals surface area (Å²) in [6.07, 6.45) is 3.50. The van der Waals surface area contributed by atoms with Crippen LogP contribution < -0.4 is 15.4 Å². The molecule has 102 valence electrons. The molecule has 0 bridgehead atoms. The Morgan fingerprint density at radius 3 is 2.79 bits per heavy atom. The normalized spacial score (nSPS) is 14.7. The number of methoxy groups -OCH3 is 1. The van der Waals surface area contributed by atoms with Gasteiger partial charge in [0.25, 0.3) is 0 Å². The van der Waals surface area contributed by atoms with Gasteiger partial charge < -0.3 is 20.1 Å². The Kier molecular flexibility index (Phi) is 4.80. The number of hydrogen-bond donors (Lipinski definition) is 2. The molecule has 0 radical (unpaired) electrons. The standard InChI is InChI=1S/C14H18N2O3/c1-18-13-5-3-2-4-12(13)16-14(17)15-10-11-6-8-19-9-7-11/h2-5,10H,6-9H2,1H3,(H2,15,16,17). The van der Waals surface area contributed by atoms with Crippen molar-refractivity contribution < 1.29 is 14.3 Å². The number of carbonyl (C=O) groups is 1. The number of para-hydroxylation sites is 2. The number of anilines is 1. The van der Waals surface area contributed by atoms with Gasteiger partial charge in [0.05, 0.1) is 26.0 Å². The van der Waals surface area contributed by atoms with Crippen LogP contribution in [0.1, 0.15) is 12.8 Å². The Labute approximate surface area is 112 Å². The lowest BCUT2D eigenvalue weighted by Gasteiger charge is -2.15. The number of hydrogen-bond acceptors (Lipinski definition) is 3. The van der Waals surface area contributed by atoms with Crippen molar-refractivity contribution in [1.82, 2.24) is 5.32 Å². The average Bonchev–Trinajstić information content (AvgIpc) is 2.47. The van der Waals surface area contributed by atoms with Gasteiger partial charge in [-0.3, -0.25) is 0 Å². The number of rotatable bonds is 3. The van der Waals surface area contributed by atoms with Crippen molar-refractivity contribution in [2.24, 2.45) is 0 Å². The smallest absolute Gasteiger partial charge is 0.323 e. The second-order valence-electron chi connectivity index (χ2n) is 4.21. The lowest BCUT2D eigenvalue weighted by molar-refractivity contribution is 0.119. The van der Waals surface area contributed by atoms with E-state index in [1.807, 2.05) is 12.1 Å². The largest absolute Gasteiger partial charge is 0.495 e. The third-order valence-electron chi connectivity index (χ3n) is 2.90. The molecular weight excluding hydrogens is 244 g/mol. The van der Waals surface area contributed by atoms with Crippen LogP contribution in [0.4, 0.5) is 10.5 Å². The number of carbonyl (C=O) groups excluding carboxylic acids is 1. The molecule has 1 heterocycles. The van der Waals surface area contributed by atoms with E-state index < -0.39 is 0 Å². The van der Waals surface area contributed by atoms with E-state index in [0.717, 1.165) is 26.1 Å². The highest BCUT2D eigenvalue weighted by Crippen LogP contribution is 2.22. The number of benzene rings is 1. The predicted molar refractivity (Wildman–Crippen MR) is 73.3 cm³/mol. The first-order valence-corrected chi connectivity index (χ1v) is 6.26. The molecule has 5 nitrogen and oxygen atoms in total. The van der Waals surface area contributed by atoms with Crippen LogP contribution in [0.3, 0.4) is 0 Å². The summed E-state index contributed by atoms with van der Waals surface area (Å²) in [7, 11) is 1.57. The first kappa shape index (κ1) is 13.4. The zero-order valence-corrected chi connectivity index (χ0v) is 10.9. The average molecular weight is 262 g/mol. The maximum Gasteiger partial charge on any atom is 0.323 e. The Morgan fingerprint density at radius 2 is 2.05 bits per heavy atom. The van der Waals surface area contributed by atoms with Gasteiger partial charge in [-0.15, -0.1) is 0 Å². The molecule has 1 fully saturated rings. The Hall–Kier alpha value is -2.01. The minimum Gasteiger partial charge on any atom is -0.495 e. The lowest BCUT2D eigenvalue weighted by atomic mass is 10.1. The highest BCUT2D eigenvalue weighted by Gasteiger charge is 2.07. The number of urea groups is 1. The van der Waals surface area contributed by atoms with Crippen molar-refractivity contribution >= 4 is 11.7 Å². The van der Waals surface area contributed by atoms with Crippen molar-refractivity contribution in [3.8, 4) is 5.75 Å². The lowest BCUT2D eigenvalue weighted by Crippen LogP contribution is -2.25. The van der Waals surface area contributed by atoms with Gasteiger partial charge in [-0.1, -0.05) is 12.1 Å². The third-order valence-corrected chi connectivity index (χ3v) is 2.90. The van der Waals surface area contributed by atoms with Crippen LogP contribution in [0.15, 0.2) is 36.0 Å². The molecule has 2 N–H and O–H groups in total. The number of nitrogens with one attached hydrogen (secondary N) is 2. The van der Waals surface area contributed by atoms with Gasteiger partial charge in [-0.25, -0.2) is 4.79 Å². The van der Waals surface area contributed by atoms with E-state index in [2.05, 4.69) is 10.6 Å². The number of ether oxygens (including phenoxy) is 2. The SMILES string of the molecule is COc1ccccc1NC(=O)NC=C1CCOCC1. The second-order valence-corrected chi connectivity index (χ2v) is 4.21. The van der Waals surface area contributed by atoms with Crippen LogP contribution in [0.2, 0.25) is 0 Å². The monoisotopic (exact) mass is 262 g/mol. The molecule has 1 saturated heterocycles. The van der Waals surface area contributed by atoms with Gasteiger partial charge in [0, 0.05) is 6.20 Å². The molecule has 0 spiro atoms. The molecule has 0 aromatic heterocycles. The first-order chi connectivity index (χ1) is 9.29. The second kappa shape index (κ2) is 6.80. The van der Waals surface area contributed by atoms with Gasteiger partial charge >= 0.3 is 6.03 Å². The van der Waals surface area contributed by atoms with E-state index in [0.29, 0.717) is 11.4 Å². The van der Waals surface area contributed by atoms with Crippen LogP contribution >= 0.6 is 0 Å². The quantitative estimate of drug-likeness (QED) is 0.880. The number of amides is 2. The topological polar surface area (TPSA) is 59.6 Å². The molecule has 0 saturated carbocycles. The van der Waals surface area contributed by atoms with E-state index in [1.54, 1.807) is 25.4 Å². The molecule has 5 heteroatoms. The van der Waals surface area contributed by atoms with Gasteiger partial charge in [0.2, 0.25) is 0 Å². The summed E-state index contributed by atoms with van der Waals surface area (Å²) < 4.78 is 10.4. The molecule has 2 amide bonds. The fourth-order valence-electron chi connectivity index (χ4n) is 1.85. The molecule has 0 atom stereocenters. The summed E-state index contributed by atoms with van der Waals surface area (Å²) in [4.78, 5) is 11.8. The predicted octanol–water partition coefficient (Wildman–Crippen LogP) is 2.51. The van der Waals surface area contributed by atoms with Crippen LogP contribution in [0.25, 0.3) is 0 Å². The van der Waals surface area contributed by atoms with Crippen molar-refractivity contribution in [1.29, 1.82) is 0 Å². The van der Waals surface area contributed by atoms with Gasteiger partial charge in [0.15, 0.2) is 0 Å². The highest BCUT2D eigenvalue weighted by atomic mass is 16.5. The highest BCUT2D eigenvalue weighted by molar-refractivity contribution is 5.91. The molecule has 0 unspecified atom stereocenters. The van der Waals surface area contributed by atoms with E-state index >= 15 is 0 Å². The summed E-state index contributed by atoms with van der Waals surface area (Å²) >= 11 is 0.